The number of pyridine rings is 1. The third-order valence-corrected chi connectivity index (χ3v) is 6.77. The first-order chi connectivity index (χ1) is 17.8. The topological polar surface area (TPSA) is 74.3 Å². The molecule has 2 N–H and O–H groups in total. The zero-order chi connectivity index (χ0) is 27.7. The molecule has 200 valence electrons. The second kappa shape index (κ2) is 10.6. The lowest BCUT2D eigenvalue weighted by molar-refractivity contribution is -0.143. The summed E-state index contributed by atoms with van der Waals surface area (Å²) in [4.78, 5) is 32.2. The Balaban J connectivity index is 1.37. The summed E-state index contributed by atoms with van der Waals surface area (Å²) in [5, 5.41) is 5.14. The summed E-state index contributed by atoms with van der Waals surface area (Å²) in [5.74, 6) is -0.309. The van der Waals surface area contributed by atoms with Crippen molar-refractivity contribution in [1.29, 1.82) is 0 Å². The molecule has 0 radical (unpaired) electrons. The number of benzene rings is 2. The molecule has 3 aromatic rings. The van der Waals surface area contributed by atoms with Gasteiger partial charge < -0.3 is 15.5 Å². The van der Waals surface area contributed by atoms with Gasteiger partial charge in [0.1, 0.15) is 5.69 Å². The lowest BCUT2D eigenvalue weighted by Gasteiger charge is -2.18. The third-order valence-electron chi connectivity index (χ3n) is 5.65. The van der Waals surface area contributed by atoms with Crippen molar-refractivity contribution in [2.75, 3.05) is 23.8 Å². The number of amides is 3. The van der Waals surface area contributed by atoms with Crippen LogP contribution in [-0.4, -0.2) is 30.5 Å². The van der Waals surface area contributed by atoms with Crippen LogP contribution in [0.2, 0.25) is 0 Å². The van der Waals surface area contributed by atoms with E-state index < -0.39 is 29.5 Å². The first-order valence-corrected chi connectivity index (χ1v) is 12.0. The smallest absolute Gasteiger partial charge is 0.338 e. The van der Waals surface area contributed by atoms with Crippen LogP contribution in [0.3, 0.4) is 0 Å². The molecule has 13 heteroatoms. The summed E-state index contributed by atoms with van der Waals surface area (Å²) in [7, 11) is 1.59. The van der Waals surface area contributed by atoms with Gasteiger partial charge in [-0.15, -0.1) is 0 Å². The van der Waals surface area contributed by atoms with Gasteiger partial charge in [-0.2, -0.15) is 26.3 Å². The monoisotopic (exact) mass is 554 g/mol. The Bertz CT molecular complexity index is 1340. The van der Waals surface area contributed by atoms with Crippen molar-refractivity contribution < 1.29 is 35.9 Å². The number of urea groups is 1. The molecule has 0 atom stereocenters. The Hall–Kier alpha value is -3.74. The SMILES string of the molecule is CN1C(=O)c2ncccc2Sc2ccc(NC(=O)NCCCc3cc(C(F)(F)F)cc(C(F)(F)F)c3)cc21. The van der Waals surface area contributed by atoms with Crippen LogP contribution in [-0.2, 0) is 18.8 Å². The van der Waals surface area contributed by atoms with Crippen molar-refractivity contribution in [3.8, 4) is 0 Å². The molecule has 2 aromatic carbocycles. The van der Waals surface area contributed by atoms with Gasteiger partial charge in [0, 0.05) is 35.3 Å². The van der Waals surface area contributed by atoms with Gasteiger partial charge >= 0.3 is 18.4 Å². The average Bonchev–Trinajstić information content (AvgIpc) is 2.95. The van der Waals surface area contributed by atoms with E-state index in [0.29, 0.717) is 34.1 Å². The number of aryl methyl sites for hydroxylation is 1. The summed E-state index contributed by atoms with van der Waals surface area (Å²) in [6.45, 7) is 0.00356. The number of aromatic nitrogens is 1. The molecule has 1 aliphatic rings. The second-order valence-corrected chi connectivity index (χ2v) is 9.48. The summed E-state index contributed by atoms with van der Waals surface area (Å²) in [6.07, 6.45) is -8.31. The highest BCUT2D eigenvalue weighted by atomic mass is 32.2. The van der Waals surface area contributed by atoms with Crippen LogP contribution in [0.15, 0.2) is 64.5 Å². The normalized spacial score (nSPS) is 13.4. The summed E-state index contributed by atoms with van der Waals surface area (Å²) >= 11 is 1.36. The first kappa shape index (κ1) is 27.3. The highest BCUT2D eigenvalue weighted by Crippen LogP contribution is 2.41. The number of rotatable bonds is 5. The molecule has 6 nitrogen and oxygen atoms in total. The fourth-order valence-electron chi connectivity index (χ4n) is 3.80. The fraction of sp³-hybridized carbons (Fsp3) is 0.240. The zero-order valence-electron chi connectivity index (χ0n) is 19.7. The van der Waals surface area contributed by atoms with E-state index >= 15 is 0 Å². The van der Waals surface area contributed by atoms with Gasteiger partial charge in [0.05, 0.1) is 16.8 Å². The predicted molar refractivity (Wildman–Crippen MR) is 129 cm³/mol. The molecule has 4 rings (SSSR count). The molecule has 2 heterocycles. The van der Waals surface area contributed by atoms with Crippen molar-refractivity contribution in [3.63, 3.8) is 0 Å². The van der Waals surface area contributed by atoms with Crippen molar-refractivity contribution in [1.82, 2.24) is 10.3 Å². The van der Waals surface area contributed by atoms with E-state index in [-0.39, 0.29) is 36.9 Å². The highest BCUT2D eigenvalue weighted by molar-refractivity contribution is 7.99. The molecule has 0 saturated carbocycles. The van der Waals surface area contributed by atoms with Gasteiger partial charge in [0.2, 0.25) is 0 Å². The van der Waals surface area contributed by atoms with Gasteiger partial charge in [-0.05, 0) is 66.9 Å². The Labute approximate surface area is 217 Å². The minimum atomic E-state index is -4.92. The van der Waals surface area contributed by atoms with Crippen molar-refractivity contribution >= 4 is 35.1 Å². The molecule has 0 unspecified atom stereocenters. The van der Waals surface area contributed by atoms with E-state index in [1.807, 2.05) is 0 Å². The number of carbonyl (C=O) groups is 2. The molecule has 3 amide bonds. The molecular weight excluding hydrogens is 534 g/mol. The van der Waals surface area contributed by atoms with Crippen molar-refractivity contribution in [2.45, 2.75) is 35.0 Å². The number of alkyl halides is 6. The number of nitrogens with zero attached hydrogens (tertiary/aromatic N) is 2. The lowest BCUT2D eigenvalue weighted by Crippen LogP contribution is -2.30. The quantitative estimate of drug-likeness (QED) is 0.275. The van der Waals surface area contributed by atoms with E-state index in [2.05, 4.69) is 15.6 Å². The van der Waals surface area contributed by atoms with E-state index in [0.717, 1.165) is 4.90 Å². The highest BCUT2D eigenvalue weighted by Gasteiger charge is 2.36. The van der Waals surface area contributed by atoms with E-state index in [1.54, 1.807) is 37.4 Å². The average molecular weight is 555 g/mol. The van der Waals surface area contributed by atoms with Gasteiger partial charge in [-0.25, -0.2) is 9.78 Å². The van der Waals surface area contributed by atoms with Crippen LogP contribution in [0.25, 0.3) is 0 Å². The van der Waals surface area contributed by atoms with Crippen LogP contribution in [0.4, 0.5) is 42.5 Å². The predicted octanol–water partition coefficient (Wildman–Crippen LogP) is 6.61. The van der Waals surface area contributed by atoms with Crippen LogP contribution in [0, 0.1) is 0 Å². The second-order valence-electron chi connectivity index (χ2n) is 8.40. The number of halogens is 6. The summed E-state index contributed by atoms with van der Waals surface area (Å²) < 4.78 is 78.1. The fourth-order valence-corrected chi connectivity index (χ4v) is 4.85. The molecule has 38 heavy (non-hydrogen) atoms. The minimum absolute atomic E-state index is 0.00356. The first-order valence-electron chi connectivity index (χ1n) is 11.2. The maximum atomic E-state index is 13.0. The standard InChI is InChI=1S/C25H20F6N4O2S/c1-35-18-13-17(6-7-19(18)38-20-5-3-8-32-21(20)22(35)36)34-23(37)33-9-2-4-14-10-15(24(26,27)28)12-16(11-14)25(29,30)31/h3,5-8,10-13H,2,4,9H2,1H3,(H2,33,34,37). The van der Waals surface area contributed by atoms with Gasteiger partial charge in [-0.1, -0.05) is 11.8 Å². The molecule has 1 aliphatic heterocycles. The number of anilines is 2. The summed E-state index contributed by atoms with van der Waals surface area (Å²) in [5.41, 5.74) is -1.64. The van der Waals surface area contributed by atoms with Crippen LogP contribution < -0.4 is 15.5 Å². The molecule has 0 saturated heterocycles. The van der Waals surface area contributed by atoms with Crippen LogP contribution in [0.1, 0.15) is 33.6 Å². The molecule has 0 aliphatic carbocycles. The van der Waals surface area contributed by atoms with Gasteiger partial charge in [0.25, 0.3) is 5.91 Å². The summed E-state index contributed by atoms with van der Waals surface area (Å²) in [6, 6.07) is 9.33. The number of carbonyl (C=O) groups excluding carboxylic acids is 2. The van der Waals surface area contributed by atoms with E-state index in [1.165, 1.54) is 22.9 Å². The third kappa shape index (κ3) is 6.21. The van der Waals surface area contributed by atoms with Crippen molar-refractivity contribution in [3.05, 3.63) is 77.1 Å². The molecule has 0 fully saturated rings. The van der Waals surface area contributed by atoms with E-state index in [4.69, 9.17) is 0 Å². The molecular formula is C25H20F6N4O2S. The Morgan fingerprint density at radius 2 is 1.66 bits per heavy atom. The zero-order valence-corrected chi connectivity index (χ0v) is 20.5. The van der Waals surface area contributed by atoms with Crippen LogP contribution in [0.5, 0.6) is 0 Å². The maximum Gasteiger partial charge on any atom is 0.416 e. The van der Waals surface area contributed by atoms with Gasteiger partial charge in [0.15, 0.2) is 0 Å². The van der Waals surface area contributed by atoms with Gasteiger partial charge in [-0.3, -0.25) is 4.79 Å². The van der Waals surface area contributed by atoms with Crippen molar-refractivity contribution in [2.24, 2.45) is 0 Å². The largest absolute Gasteiger partial charge is 0.416 e. The Kier molecular flexibility index (Phi) is 7.58. The van der Waals surface area contributed by atoms with E-state index in [9.17, 15) is 35.9 Å². The number of nitrogens with one attached hydrogen (secondary N) is 2. The molecule has 1 aromatic heterocycles. The Morgan fingerprint density at radius 1 is 0.974 bits per heavy atom. The lowest BCUT2D eigenvalue weighted by atomic mass is 10.0. The molecule has 0 bridgehead atoms. The Morgan fingerprint density at radius 3 is 2.32 bits per heavy atom. The minimum Gasteiger partial charge on any atom is -0.338 e. The van der Waals surface area contributed by atoms with Crippen LogP contribution >= 0.6 is 11.8 Å². The number of hydrogen-bond donors (Lipinski definition) is 2. The number of hydrogen-bond acceptors (Lipinski definition) is 4. The maximum absolute atomic E-state index is 13.0. The number of fused-ring (bicyclic) bond motifs is 2. The molecule has 0 spiro atoms.